The normalized spacial score (nSPS) is 13.1. The number of benzene rings is 3. The number of hydrogen-bond donors (Lipinski definition) is 0. The van der Waals surface area contributed by atoms with Gasteiger partial charge in [0.15, 0.2) is 5.78 Å². The number of carbonyl (C=O) groups excluding carboxylic acids is 1. The number of para-hydroxylation sites is 1. The van der Waals surface area contributed by atoms with Crippen LogP contribution in [0.5, 0.6) is 11.5 Å². The lowest BCUT2D eigenvalue weighted by molar-refractivity contribution is 0.101. The summed E-state index contributed by atoms with van der Waals surface area (Å²) < 4.78 is 10.5. The van der Waals surface area contributed by atoms with E-state index in [4.69, 9.17) is 4.74 Å². The fourth-order valence-corrected chi connectivity index (χ4v) is 5.20. The molecule has 0 N–H and O–H groups in total. The van der Waals surface area contributed by atoms with Gasteiger partial charge in [-0.05, 0) is 54.7 Å². The third-order valence-corrected chi connectivity index (χ3v) is 6.66. The van der Waals surface area contributed by atoms with Crippen molar-refractivity contribution in [3.63, 3.8) is 0 Å². The molecule has 4 nitrogen and oxygen atoms in total. The third kappa shape index (κ3) is 3.43. The van der Waals surface area contributed by atoms with Crippen molar-refractivity contribution >= 4 is 11.4 Å². The van der Waals surface area contributed by atoms with Gasteiger partial charge in [-0.25, -0.2) is 0 Å². The number of ketones is 1. The smallest absolute Gasteiger partial charge is 0.177 e. The zero-order valence-corrected chi connectivity index (χ0v) is 19.2. The molecule has 0 unspecified atom stereocenters. The van der Waals surface area contributed by atoms with E-state index in [0.717, 1.165) is 59.8 Å². The minimum Gasteiger partial charge on any atom is -0.457 e. The molecule has 4 heteroatoms. The Balaban J connectivity index is 1.50. The number of aryl methyl sites for hydroxylation is 2. The van der Waals surface area contributed by atoms with Crippen LogP contribution in [0.15, 0.2) is 91.1 Å². The maximum Gasteiger partial charge on any atom is 0.177 e. The highest BCUT2D eigenvalue weighted by Crippen LogP contribution is 2.40. The highest BCUT2D eigenvalue weighted by molar-refractivity contribution is 6.03. The number of Topliss-reactive ketones (excluding diaryl/α,β-unsaturated/α-hetero) is 1. The standard InChI is InChI=1S/C30H26N2O2/c1-21(33)29-28(23-15-17-25(18-16-23)34-24-12-6-3-7-13-24)26-14-8-9-19-31-27(20-32(29)30(26)31)22-10-4-2-5-11-22/h2-7,10-13,15-18,20H,8-9,14,19H2,1H3. The first-order valence-corrected chi connectivity index (χ1v) is 11.9. The SMILES string of the molecule is CC(=O)c1c(-c2ccc(Oc3ccccc3)cc2)c2c3n(c(-c4ccccc4)cn13)CCCC2. The number of nitrogens with zero attached hydrogens (tertiary/aromatic N) is 2. The Morgan fingerprint density at radius 3 is 2.18 bits per heavy atom. The lowest BCUT2D eigenvalue weighted by Crippen LogP contribution is -2.00. The molecule has 0 spiro atoms. The highest BCUT2D eigenvalue weighted by atomic mass is 16.5. The Kier molecular flexibility index (Phi) is 5.06. The first kappa shape index (κ1) is 20.5. The molecule has 3 aromatic carbocycles. The summed E-state index contributed by atoms with van der Waals surface area (Å²) in [4.78, 5) is 13.0. The minimum absolute atomic E-state index is 0.0817. The second-order valence-electron chi connectivity index (χ2n) is 8.88. The molecule has 0 saturated carbocycles. The molecule has 0 bridgehead atoms. The fourth-order valence-electron chi connectivity index (χ4n) is 5.20. The number of hydrogen-bond acceptors (Lipinski definition) is 2. The monoisotopic (exact) mass is 446 g/mol. The third-order valence-electron chi connectivity index (χ3n) is 6.66. The zero-order valence-electron chi connectivity index (χ0n) is 19.2. The average Bonchev–Trinajstić information content (AvgIpc) is 3.29. The van der Waals surface area contributed by atoms with Gasteiger partial charge in [0.25, 0.3) is 0 Å². The molecule has 1 aliphatic heterocycles. The summed E-state index contributed by atoms with van der Waals surface area (Å²) in [6, 6.07) is 28.4. The van der Waals surface area contributed by atoms with Gasteiger partial charge in [0, 0.05) is 30.8 Å². The molecular weight excluding hydrogens is 420 g/mol. The van der Waals surface area contributed by atoms with Crippen LogP contribution in [0.1, 0.15) is 35.8 Å². The van der Waals surface area contributed by atoms with Crippen molar-refractivity contribution in [2.45, 2.75) is 32.7 Å². The van der Waals surface area contributed by atoms with Gasteiger partial charge in [0.2, 0.25) is 0 Å². The zero-order chi connectivity index (χ0) is 23.1. The van der Waals surface area contributed by atoms with Crippen molar-refractivity contribution in [1.82, 2.24) is 8.97 Å². The molecule has 0 fully saturated rings. The van der Waals surface area contributed by atoms with Gasteiger partial charge >= 0.3 is 0 Å². The van der Waals surface area contributed by atoms with Crippen LogP contribution < -0.4 is 4.74 Å². The van der Waals surface area contributed by atoms with Gasteiger partial charge in [0.05, 0.1) is 11.4 Å². The highest BCUT2D eigenvalue weighted by Gasteiger charge is 2.28. The lowest BCUT2D eigenvalue weighted by Gasteiger charge is -2.10. The van der Waals surface area contributed by atoms with Gasteiger partial charge in [-0.2, -0.15) is 0 Å². The molecule has 1 aliphatic rings. The van der Waals surface area contributed by atoms with E-state index in [1.165, 1.54) is 16.8 Å². The number of rotatable bonds is 5. The predicted octanol–water partition coefficient (Wildman–Crippen LogP) is 7.41. The van der Waals surface area contributed by atoms with Crippen LogP contribution in [0.2, 0.25) is 0 Å². The topological polar surface area (TPSA) is 35.6 Å². The molecule has 0 aliphatic carbocycles. The summed E-state index contributed by atoms with van der Waals surface area (Å²) in [6.07, 6.45) is 5.34. The van der Waals surface area contributed by atoms with Crippen LogP contribution in [-0.2, 0) is 13.0 Å². The van der Waals surface area contributed by atoms with Crippen molar-refractivity contribution in [2.24, 2.45) is 0 Å². The first-order valence-electron chi connectivity index (χ1n) is 11.9. The van der Waals surface area contributed by atoms with E-state index in [1.54, 1.807) is 6.92 Å². The van der Waals surface area contributed by atoms with Crippen molar-refractivity contribution in [1.29, 1.82) is 0 Å². The molecule has 0 saturated heterocycles. The van der Waals surface area contributed by atoms with E-state index in [1.807, 2.05) is 48.5 Å². The quantitative estimate of drug-likeness (QED) is 0.264. The van der Waals surface area contributed by atoms with Crippen molar-refractivity contribution in [3.05, 3.63) is 102 Å². The second kappa shape index (κ2) is 8.38. The largest absolute Gasteiger partial charge is 0.457 e. The molecule has 2 aromatic heterocycles. The van der Waals surface area contributed by atoms with E-state index in [-0.39, 0.29) is 5.78 Å². The number of aromatic nitrogens is 2. The number of ether oxygens (including phenoxy) is 1. The molecule has 6 rings (SSSR count). The van der Waals surface area contributed by atoms with E-state index in [2.05, 4.69) is 51.6 Å². The average molecular weight is 447 g/mol. The van der Waals surface area contributed by atoms with E-state index < -0.39 is 0 Å². The maximum absolute atomic E-state index is 13.0. The van der Waals surface area contributed by atoms with Crippen LogP contribution in [0.3, 0.4) is 0 Å². The van der Waals surface area contributed by atoms with Gasteiger partial charge in [-0.3, -0.25) is 9.20 Å². The van der Waals surface area contributed by atoms with Gasteiger partial charge in [0.1, 0.15) is 17.1 Å². The van der Waals surface area contributed by atoms with Gasteiger partial charge in [-0.15, -0.1) is 0 Å². The molecule has 34 heavy (non-hydrogen) atoms. The van der Waals surface area contributed by atoms with E-state index in [0.29, 0.717) is 0 Å². The molecule has 0 radical (unpaired) electrons. The summed E-state index contributed by atoms with van der Waals surface area (Å²) in [5.41, 5.74) is 7.64. The second-order valence-corrected chi connectivity index (χ2v) is 8.88. The van der Waals surface area contributed by atoms with Crippen LogP contribution in [0.25, 0.3) is 28.0 Å². The summed E-state index contributed by atoms with van der Waals surface area (Å²) in [7, 11) is 0. The summed E-state index contributed by atoms with van der Waals surface area (Å²) in [5.74, 6) is 1.67. The fraction of sp³-hybridized carbons (Fsp3) is 0.167. The van der Waals surface area contributed by atoms with Crippen LogP contribution in [-0.4, -0.2) is 14.8 Å². The molecule has 0 amide bonds. The molecule has 3 heterocycles. The number of imidazole rings is 1. The Morgan fingerprint density at radius 2 is 1.47 bits per heavy atom. The van der Waals surface area contributed by atoms with Crippen molar-refractivity contribution in [3.8, 4) is 33.9 Å². The summed E-state index contributed by atoms with van der Waals surface area (Å²) in [5, 5.41) is 0. The summed E-state index contributed by atoms with van der Waals surface area (Å²) in [6.45, 7) is 2.63. The maximum atomic E-state index is 13.0. The van der Waals surface area contributed by atoms with Crippen LogP contribution in [0, 0.1) is 0 Å². The number of carbonyl (C=O) groups is 1. The van der Waals surface area contributed by atoms with E-state index in [9.17, 15) is 4.79 Å². The molecular formula is C30H26N2O2. The lowest BCUT2D eigenvalue weighted by atomic mass is 9.97. The minimum atomic E-state index is 0.0817. The Bertz CT molecular complexity index is 1480. The van der Waals surface area contributed by atoms with E-state index >= 15 is 0 Å². The first-order chi connectivity index (χ1) is 16.7. The molecule has 168 valence electrons. The predicted molar refractivity (Wildman–Crippen MR) is 136 cm³/mol. The summed E-state index contributed by atoms with van der Waals surface area (Å²) >= 11 is 0. The van der Waals surface area contributed by atoms with Crippen molar-refractivity contribution < 1.29 is 9.53 Å². The van der Waals surface area contributed by atoms with Gasteiger partial charge in [-0.1, -0.05) is 60.7 Å². The Labute approximate surface area is 199 Å². The van der Waals surface area contributed by atoms with Crippen LogP contribution in [0.4, 0.5) is 0 Å². The Hall–Kier alpha value is -4.05. The van der Waals surface area contributed by atoms with Crippen molar-refractivity contribution in [2.75, 3.05) is 0 Å². The Morgan fingerprint density at radius 1 is 0.794 bits per heavy atom. The van der Waals surface area contributed by atoms with Crippen LogP contribution >= 0.6 is 0 Å². The van der Waals surface area contributed by atoms with Gasteiger partial charge < -0.3 is 9.30 Å². The molecule has 0 atom stereocenters. The molecule has 5 aromatic rings.